The molecule has 1 aliphatic carbocycles. The fraction of sp³-hybridized carbons (Fsp3) is 0.429. The highest BCUT2D eigenvalue weighted by molar-refractivity contribution is 7.99. The molecule has 0 unspecified atom stereocenters. The van der Waals surface area contributed by atoms with Gasteiger partial charge in [0.15, 0.2) is 0 Å². The molecule has 0 atom stereocenters. The summed E-state index contributed by atoms with van der Waals surface area (Å²) >= 11 is 5.42. The monoisotopic (exact) mass is 330 g/mol. The lowest BCUT2D eigenvalue weighted by molar-refractivity contribution is -0.127. The molecule has 0 spiro atoms. The van der Waals surface area contributed by atoms with Crippen LogP contribution in [-0.4, -0.2) is 16.7 Å². The van der Waals surface area contributed by atoms with E-state index in [2.05, 4.69) is 5.32 Å². The van der Waals surface area contributed by atoms with Crippen molar-refractivity contribution in [3.8, 4) is 0 Å². The molecule has 1 aromatic carbocycles. The molecule has 1 aromatic rings. The molecule has 3 N–H and O–H groups in total. The molecule has 0 aliphatic heterocycles. The molecule has 114 valence electrons. The van der Waals surface area contributed by atoms with Crippen molar-refractivity contribution < 1.29 is 13.6 Å². The normalized spacial score (nSPS) is 24.5. The Balaban J connectivity index is 2.18. The second-order valence-corrected chi connectivity index (χ2v) is 6.76. The number of halogens is 2. The number of carbonyl (C=O) groups is 1. The molecular weight excluding hydrogens is 314 g/mol. The van der Waals surface area contributed by atoms with E-state index in [-0.39, 0.29) is 10.9 Å². The SMILES string of the molecule is CC1CC(C(=O)Nc2ccccc2SC(F)F)(C(N)=S)C1. The summed E-state index contributed by atoms with van der Waals surface area (Å²) in [5, 5.41) is 2.70. The number of rotatable bonds is 5. The molecule has 3 nitrogen and oxygen atoms in total. The summed E-state index contributed by atoms with van der Waals surface area (Å²) in [6.45, 7) is 2.02. The molecule has 0 radical (unpaired) electrons. The minimum absolute atomic E-state index is 0.164. The number of amides is 1. The Morgan fingerprint density at radius 3 is 2.62 bits per heavy atom. The van der Waals surface area contributed by atoms with E-state index in [0.29, 0.717) is 41.1 Å². The lowest BCUT2D eigenvalue weighted by Gasteiger charge is -2.44. The molecule has 1 aliphatic rings. The number of benzene rings is 1. The van der Waals surface area contributed by atoms with Crippen LogP contribution in [0.3, 0.4) is 0 Å². The predicted molar refractivity (Wildman–Crippen MR) is 84.5 cm³/mol. The van der Waals surface area contributed by atoms with Crippen LogP contribution in [0.4, 0.5) is 14.5 Å². The van der Waals surface area contributed by atoms with Crippen LogP contribution in [0.1, 0.15) is 19.8 Å². The first-order valence-electron chi connectivity index (χ1n) is 6.50. The van der Waals surface area contributed by atoms with E-state index in [1.165, 1.54) is 0 Å². The highest BCUT2D eigenvalue weighted by atomic mass is 32.2. The van der Waals surface area contributed by atoms with Crippen LogP contribution in [0, 0.1) is 11.3 Å². The molecule has 1 amide bonds. The maximum absolute atomic E-state index is 12.5. The van der Waals surface area contributed by atoms with Crippen LogP contribution in [0.25, 0.3) is 0 Å². The summed E-state index contributed by atoms with van der Waals surface area (Å²) in [4.78, 5) is 13.0. The first kappa shape index (κ1) is 16.2. The number of alkyl halides is 2. The van der Waals surface area contributed by atoms with Gasteiger partial charge in [-0.3, -0.25) is 4.79 Å². The Labute approximate surface area is 131 Å². The smallest absolute Gasteiger partial charge is 0.288 e. The van der Waals surface area contributed by atoms with Crippen LogP contribution in [0.2, 0.25) is 0 Å². The summed E-state index contributed by atoms with van der Waals surface area (Å²) in [5.41, 5.74) is 5.23. The van der Waals surface area contributed by atoms with Gasteiger partial charge >= 0.3 is 0 Å². The lowest BCUT2D eigenvalue weighted by atomic mass is 9.62. The van der Waals surface area contributed by atoms with Gasteiger partial charge in [-0.1, -0.05) is 43.0 Å². The summed E-state index contributed by atoms with van der Waals surface area (Å²) in [6, 6.07) is 6.47. The topological polar surface area (TPSA) is 55.1 Å². The molecule has 0 bridgehead atoms. The number of hydrogen-bond donors (Lipinski definition) is 2. The van der Waals surface area contributed by atoms with E-state index >= 15 is 0 Å². The van der Waals surface area contributed by atoms with E-state index in [9.17, 15) is 13.6 Å². The molecule has 21 heavy (non-hydrogen) atoms. The van der Waals surface area contributed by atoms with Crippen molar-refractivity contribution in [2.75, 3.05) is 5.32 Å². The maximum atomic E-state index is 12.5. The van der Waals surface area contributed by atoms with Crippen molar-refractivity contribution in [1.29, 1.82) is 0 Å². The molecule has 0 saturated heterocycles. The molecule has 2 rings (SSSR count). The highest BCUT2D eigenvalue weighted by Gasteiger charge is 2.50. The van der Waals surface area contributed by atoms with Crippen LogP contribution in [0.15, 0.2) is 29.2 Å². The molecule has 0 heterocycles. The first-order valence-corrected chi connectivity index (χ1v) is 7.79. The second-order valence-electron chi connectivity index (χ2n) is 5.29. The molecule has 0 aromatic heterocycles. The summed E-state index contributed by atoms with van der Waals surface area (Å²) in [6.07, 6.45) is 1.19. The van der Waals surface area contributed by atoms with Gasteiger partial charge in [0.05, 0.1) is 16.1 Å². The fourth-order valence-electron chi connectivity index (χ4n) is 2.64. The van der Waals surface area contributed by atoms with E-state index in [4.69, 9.17) is 18.0 Å². The van der Waals surface area contributed by atoms with Gasteiger partial charge in [0.25, 0.3) is 5.76 Å². The third-order valence-corrected chi connectivity index (χ3v) is 4.83. The number of thioether (sulfide) groups is 1. The van der Waals surface area contributed by atoms with Gasteiger partial charge in [-0.15, -0.1) is 0 Å². The number of para-hydroxylation sites is 1. The minimum Gasteiger partial charge on any atom is -0.392 e. The second kappa shape index (κ2) is 6.27. The number of nitrogens with two attached hydrogens (primary N) is 1. The summed E-state index contributed by atoms with van der Waals surface area (Å²) in [5.74, 6) is -2.48. The zero-order valence-electron chi connectivity index (χ0n) is 11.4. The molecule has 7 heteroatoms. The largest absolute Gasteiger partial charge is 0.392 e. The Morgan fingerprint density at radius 2 is 2.10 bits per heavy atom. The zero-order valence-corrected chi connectivity index (χ0v) is 13.1. The van der Waals surface area contributed by atoms with Crippen molar-refractivity contribution in [2.24, 2.45) is 17.1 Å². The third-order valence-electron chi connectivity index (χ3n) is 3.65. The van der Waals surface area contributed by atoms with Gasteiger partial charge in [-0.05, 0) is 30.9 Å². The average molecular weight is 330 g/mol. The zero-order chi connectivity index (χ0) is 15.6. The molecular formula is C14H16F2N2OS2. The molecule has 1 saturated carbocycles. The Morgan fingerprint density at radius 1 is 1.48 bits per heavy atom. The number of anilines is 1. The van der Waals surface area contributed by atoms with Gasteiger partial charge in [-0.25, -0.2) is 0 Å². The van der Waals surface area contributed by atoms with E-state index in [1.54, 1.807) is 24.3 Å². The summed E-state index contributed by atoms with van der Waals surface area (Å²) < 4.78 is 25.1. The Kier molecular flexibility index (Phi) is 4.83. The quantitative estimate of drug-likeness (QED) is 0.639. The van der Waals surface area contributed by atoms with Crippen LogP contribution >= 0.6 is 24.0 Å². The first-order chi connectivity index (χ1) is 9.85. The third kappa shape index (κ3) is 3.35. The van der Waals surface area contributed by atoms with Gasteiger partial charge in [0, 0.05) is 4.90 Å². The van der Waals surface area contributed by atoms with Crippen molar-refractivity contribution in [3.05, 3.63) is 24.3 Å². The van der Waals surface area contributed by atoms with Crippen molar-refractivity contribution >= 4 is 40.6 Å². The number of carbonyl (C=O) groups excluding carboxylic acids is 1. The number of hydrogen-bond acceptors (Lipinski definition) is 3. The summed E-state index contributed by atoms with van der Waals surface area (Å²) in [7, 11) is 0. The van der Waals surface area contributed by atoms with E-state index < -0.39 is 11.2 Å². The Hall–Kier alpha value is -1.21. The lowest BCUT2D eigenvalue weighted by Crippen LogP contribution is -2.53. The van der Waals surface area contributed by atoms with Gasteiger partial charge in [0.2, 0.25) is 5.91 Å². The van der Waals surface area contributed by atoms with E-state index in [1.807, 2.05) is 6.92 Å². The van der Waals surface area contributed by atoms with E-state index in [0.717, 1.165) is 0 Å². The molecule has 1 fully saturated rings. The van der Waals surface area contributed by atoms with Crippen LogP contribution in [-0.2, 0) is 4.79 Å². The van der Waals surface area contributed by atoms with Crippen molar-refractivity contribution in [1.82, 2.24) is 0 Å². The highest BCUT2D eigenvalue weighted by Crippen LogP contribution is 2.47. The predicted octanol–water partition coefficient (Wildman–Crippen LogP) is 3.64. The van der Waals surface area contributed by atoms with Crippen molar-refractivity contribution in [3.63, 3.8) is 0 Å². The van der Waals surface area contributed by atoms with Crippen LogP contribution < -0.4 is 11.1 Å². The standard InChI is InChI=1S/C14H16F2N2OS2/c1-8-6-14(7-8,11(17)20)12(19)18-9-4-2-3-5-10(9)21-13(15)16/h2-5,8,13H,6-7H2,1H3,(H2,17,20)(H,18,19). The fourth-order valence-corrected chi connectivity index (χ4v) is 3.49. The van der Waals surface area contributed by atoms with Gasteiger partial charge in [0.1, 0.15) is 0 Å². The minimum atomic E-state index is -2.55. The number of nitrogens with one attached hydrogen (secondary N) is 1. The van der Waals surface area contributed by atoms with Crippen molar-refractivity contribution in [2.45, 2.75) is 30.4 Å². The Bertz CT molecular complexity index is 560. The van der Waals surface area contributed by atoms with Gasteiger partial charge in [-0.2, -0.15) is 8.78 Å². The number of thiocarbonyl (C=S) groups is 1. The van der Waals surface area contributed by atoms with Crippen LogP contribution in [0.5, 0.6) is 0 Å². The average Bonchev–Trinajstić information content (AvgIpc) is 2.36. The maximum Gasteiger partial charge on any atom is 0.288 e. The van der Waals surface area contributed by atoms with Gasteiger partial charge < -0.3 is 11.1 Å².